The molecule has 1 unspecified atom stereocenters. The number of rotatable bonds is 10. The first-order chi connectivity index (χ1) is 13.8. The molecule has 0 bridgehead atoms. The zero-order chi connectivity index (χ0) is 21.3. The van der Waals surface area contributed by atoms with Crippen LogP contribution in [0.1, 0.15) is 36.0 Å². The van der Waals surface area contributed by atoms with Crippen molar-refractivity contribution in [1.29, 1.82) is 0 Å². The Kier molecular flexibility index (Phi) is 8.25. The van der Waals surface area contributed by atoms with Crippen LogP contribution in [0, 0.1) is 11.8 Å². The highest BCUT2D eigenvalue weighted by molar-refractivity contribution is 7.85. The van der Waals surface area contributed by atoms with Gasteiger partial charge in [0.1, 0.15) is 12.4 Å². The Morgan fingerprint density at radius 1 is 1.07 bits per heavy atom. The molecule has 2 rings (SSSR count). The van der Waals surface area contributed by atoms with Crippen molar-refractivity contribution < 1.29 is 27.2 Å². The molecule has 0 aromatic heterocycles. The van der Waals surface area contributed by atoms with Gasteiger partial charge in [0.15, 0.2) is 0 Å². The first kappa shape index (κ1) is 22.5. The molecule has 0 radical (unpaired) electrons. The van der Waals surface area contributed by atoms with Gasteiger partial charge >= 0.3 is 5.97 Å². The van der Waals surface area contributed by atoms with Crippen LogP contribution < -0.4 is 4.74 Å². The summed E-state index contributed by atoms with van der Waals surface area (Å²) in [6, 6.07) is 14.9. The van der Waals surface area contributed by atoms with Gasteiger partial charge in [-0.25, -0.2) is 0 Å². The monoisotopic (exact) mass is 416 g/mol. The third kappa shape index (κ3) is 8.38. The van der Waals surface area contributed by atoms with E-state index in [0.29, 0.717) is 18.8 Å². The third-order valence-corrected chi connectivity index (χ3v) is 4.69. The highest BCUT2D eigenvalue weighted by Crippen LogP contribution is 2.22. The molecule has 29 heavy (non-hydrogen) atoms. The molecule has 6 nitrogen and oxygen atoms in total. The van der Waals surface area contributed by atoms with E-state index >= 15 is 0 Å². The fraction of sp³-hybridized carbons (Fsp3) is 0.318. The fourth-order valence-corrected chi connectivity index (χ4v) is 3.06. The van der Waals surface area contributed by atoms with Crippen molar-refractivity contribution in [2.24, 2.45) is 0 Å². The van der Waals surface area contributed by atoms with Gasteiger partial charge in [0.05, 0.1) is 25.2 Å². The van der Waals surface area contributed by atoms with E-state index < -0.39 is 16.1 Å². The first-order valence-corrected chi connectivity index (χ1v) is 10.9. The van der Waals surface area contributed by atoms with E-state index in [4.69, 9.17) is 14.0 Å². The average molecular weight is 416 g/mol. The van der Waals surface area contributed by atoms with Crippen molar-refractivity contribution in [2.45, 2.75) is 32.3 Å². The molecule has 2 aromatic rings. The Bertz CT molecular complexity index is 967. The molecular weight excluding hydrogens is 392 g/mol. The molecule has 0 aliphatic heterocycles. The number of benzene rings is 2. The van der Waals surface area contributed by atoms with Crippen molar-refractivity contribution in [2.75, 3.05) is 12.9 Å². The van der Waals surface area contributed by atoms with Crippen LogP contribution in [0.3, 0.4) is 0 Å². The summed E-state index contributed by atoms with van der Waals surface area (Å²) in [4.78, 5) is 11.0. The number of carboxylic acids is 1. The summed E-state index contributed by atoms with van der Waals surface area (Å²) < 4.78 is 32.4. The van der Waals surface area contributed by atoms with Gasteiger partial charge in [-0.3, -0.25) is 8.98 Å². The fourth-order valence-electron chi connectivity index (χ4n) is 2.68. The predicted molar refractivity (Wildman–Crippen MR) is 110 cm³/mol. The molecule has 0 aliphatic carbocycles. The number of carbonyl (C=O) groups is 1. The summed E-state index contributed by atoms with van der Waals surface area (Å²) in [6.07, 6.45) is 1.50. The highest BCUT2D eigenvalue weighted by Gasteiger charge is 2.13. The number of hydrogen-bond acceptors (Lipinski definition) is 5. The van der Waals surface area contributed by atoms with E-state index in [0.717, 1.165) is 22.9 Å². The largest absolute Gasteiger partial charge is 0.489 e. The zero-order valence-electron chi connectivity index (χ0n) is 16.4. The highest BCUT2D eigenvalue weighted by atomic mass is 32.2. The molecule has 1 atom stereocenters. The van der Waals surface area contributed by atoms with E-state index in [1.807, 2.05) is 36.4 Å². The van der Waals surface area contributed by atoms with Crippen molar-refractivity contribution in [1.82, 2.24) is 0 Å². The SMILES string of the molecule is CC#CC(CC(=O)O)c1ccc(OCc2ccc(CCOS(C)(=O)=O)cc2)cc1. The van der Waals surface area contributed by atoms with Gasteiger partial charge in [0, 0.05) is 0 Å². The van der Waals surface area contributed by atoms with Crippen LogP contribution >= 0.6 is 0 Å². The summed E-state index contributed by atoms with van der Waals surface area (Å²) in [5.41, 5.74) is 2.79. The molecule has 0 amide bonds. The molecule has 1 N–H and O–H groups in total. The van der Waals surface area contributed by atoms with Gasteiger partial charge in [0.2, 0.25) is 0 Å². The van der Waals surface area contributed by atoms with Crippen LogP contribution in [0.4, 0.5) is 0 Å². The first-order valence-electron chi connectivity index (χ1n) is 9.06. The molecule has 0 saturated carbocycles. The average Bonchev–Trinajstić information content (AvgIpc) is 2.66. The van der Waals surface area contributed by atoms with Gasteiger partial charge in [0.25, 0.3) is 10.1 Å². The number of carboxylic acid groups (broad SMARTS) is 1. The number of ether oxygens (including phenoxy) is 1. The van der Waals surface area contributed by atoms with Crippen LogP contribution in [-0.2, 0) is 32.1 Å². The molecule has 0 aliphatic rings. The van der Waals surface area contributed by atoms with Crippen molar-refractivity contribution in [3.8, 4) is 17.6 Å². The van der Waals surface area contributed by atoms with E-state index in [9.17, 15) is 13.2 Å². The molecule has 0 heterocycles. The molecule has 0 saturated heterocycles. The maximum Gasteiger partial charge on any atom is 0.304 e. The van der Waals surface area contributed by atoms with Crippen LogP contribution in [0.2, 0.25) is 0 Å². The van der Waals surface area contributed by atoms with Crippen molar-refractivity contribution in [3.63, 3.8) is 0 Å². The second-order valence-electron chi connectivity index (χ2n) is 6.50. The summed E-state index contributed by atoms with van der Waals surface area (Å²) in [7, 11) is -3.42. The maximum absolute atomic E-state index is 11.0. The minimum absolute atomic E-state index is 0.0391. The van der Waals surface area contributed by atoms with Crippen LogP contribution in [0.25, 0.3) is 0 Å². The maximum atomic E-state index is 11.0. The minimum atomic E-state index is -3.42. The lowest BCUT2D eigenvalue weighted by Gasteiger charge is -2.11. The second-order valence-corrected chi connectivity index (χ2v) is 8.14. The van der Waals surface area contributed by atoms with Gasteiger partial charge < -0.3 is 9.84 Å². The molecule has 7 heteroatoms. The topological polar surface area (TPSA) is 89.9 Å². The third-order valence-electron chi connectivity index (χ3n) is 4.10. The number of hydrogen-bond donors (Lipinski definition) is 1. The quantitative estimate of drug-likeness (QED) is 0.472. The Hall–Kier alpha value is -2.82. The smallest absolute Gasteiger partial charge is 0.304 e. The molecule has 154 valence electrons. The van der Waals surface area contributed by atoms with Crippen LogP contribution in [0.5, 0.6) is 5.75 Å². The van der Waals surface area contributed by atoms with E-state index in [2.05, 4.69) is 11.8 Å². The van der Waals surface area contributed by atoms with Gasteiger partial charge in [-0.05, 0) is 42.2 Å². The summed E-state index contributed by atoms with van der Waals surface area (Å²) in [5, 5.41) is 9.01. The Labute approximate surface area is 171 Å². The van der Waals surface area contributed by atoms with Gasteiger partial charge in [-0.2, -0.15) is 8.42 Å². The van der Waals surface area contributed by atoms with E-state index in [1.54, 1.807) is 19.1 Å². The molecule has 0 spiro atoms. The van der Waals surface area contributed by atoms with Crippen molar-refractivity contribution >= 4 is 16.1 Å². The van der Waals surface area contributed by atoms with Crippen LogP contribution in [0.15, 0.2) is 48.5 Å². The Balaban J connectivity index is 1.89. The lowest BCUT2D eigenvalue weighted by molar-refractivity contribution is -0.137. The second kappa shape index (κ2) is 10.6. The normalized spacial score (nSPS) is 11.9. The Morgan fingerprint density at radius 2 is 1.69 bits per heavy atom. The van der Waals surface area contributed by atoms with E-state index in [1.165, 1.54) is 0 Å². The van der Waals surface area contributed by atoms with Gasteiger partial charge in [-0.15, -0.1) is 5.92 Å². The molecule has 2 aromatic carbocycles. The summed E-state index contributed by atoms with van der Waals surface area (Å²) in [6.45, 7) is 2.19. The summed E-state index contributed by atoms with van der Waals surface area (Å²) in [5.74, 6) is 5.15. The van der Waals surface area contributed by atoms with Crippen LogP contribution in [-0.4, -0.2) is 32.4 Å². The minimum Gasteiger partial charge on any atom is -0.489 e. The van der Waals surface area contributed by atoms with E-state index in [-0.39, 0.29) is 18.9 Å². The lowest BCUT2D eigenvalue weighted by Crippen LogP contribution is -2.06. The Morgan fingerprint density at radius 3 is 2.24 bits per heavy atom. The van der Waals surface area contributed by atoms with Crippen molar-refractivity contribution in [3.05, 3.63) is 65.2 Å². The lowest BCUT2D eigenvalue weighted by atomic mass is 9.96. The number of aliphatic carboxylic acids is 1. The van der Waals surface area contributed by atoms with Gasteiger partial charge in [-0.1, -0.05) is 42.3 Å². The molecular formula is C22H24O6S. The summed E-state index contributed by atoms with van der Waals surface area (Å²) >= 11 is 0. The predicted octanol–water partition coefficient (Wildman–Crippen LogP) is 3.37. The molecule has 0 fully saturated rings. The standard InChI is InChI=1S/C22H24O6S/c1-3-4-20(15-22(23)24)19-9-11-21(12-10-19)27-16-18-7-5-17(6-8-18)13-14-28-29(2,25)26/h5-12,20H,13-16H2,1-2H3,(H,23,24). The zero-order valence-corrected chi connectivity index (χ0v) is 17.2.